The molecule has 0 aliphatic heterocycles. The summed E-state index contributed by atoms with van der Waals surface area (Å²) in [6, 6.07) is 6.95. The molecule has 1 aromatic heterocycles. The van der Waals surface area contributed by atoms with E-state index in [0.717, 1.165) is 0 Å². The van der Waals surface area contributed by atoms with E-state index in [9.17, 15) is 9.18 Å². The Morgan fingerprint density at radius 3 is 2.61 bits per heavy atom. The number of carboxylic acids is 1. The van der Waals surface area contributed by atoms with Crippen LogP contribution >= 0.6 is 15.9 Å². The van der Waals surface area contributed by atoms with E-state index in [1.807, 2.05) is 0 Å². The Labute approximate surface area is 110 Å². The quantitative estimate of drug-likeness (QED) is 0.911. The summed E-state index contributed by atoms with van der Waals surface area (Å²) >= 11 is 3.20. The average Bonchev–Trinajstić information content (AvgIpc) is 2.33. The standard InChI is InChI=1S/C11H7BrFN3O2/c12-7-5-6(13)1-2-8(7)14-10-4-3-9(11(17)18)15-16-10/h1-5H,(H,14,16)(H,17,18). The SMILES string of the molecule is O=C(O)c1ccc(Nc2ccc(F)cc2Br)nn1. The zero-order valence-corrected chi connectivity index (χ0v) is 10.5. The third-order valence-corrected chi connectivity index (χ3v) is 2.73. The fraction of sp³-hybridized carbons (Fsp3) is 0. The first-order valence-corrected chi connectivity index (χ1v) is 5.64. The van der Waals surface area contributed by atoms with E-state index in [2.05, 4.69) is 31.4 Å². The molecule has 0 atom stereocenters. The van der Waals surface area contributed by atoms with E-state index in [1.165, 1.54) is 30.3 Å². The van der Waals surface area contributed by atoms with Crippen molar-refractivity contribution >= 4 is 33.4 Å². The lowest BCUT2D eigenvalue weighted by Gasteiger charge is -2.07. The van der Waals surface area contributed by atoms with Gasteiger partial charge in [-0.15, -0.1) is 10.2 Å². The molecule has 5 nitrogen and oxygen atoms in total. The summed E-state index contributed by atoms with van der Waals surface area (Å²) in [6.07, 6.45) is 0. The topological polar surface area (TPSA) is 75.1 Å². The molecule has 0 spiro atoms. The number of nitrogens with one attached hydrogen (secondary N) is 1. The summed E-state index contributed by atoms with van der Waals surface area (Å²) in [7, 11) is 0. The number of rotatable bonds is 3. The van der Waals surface area contributed by atoms with E-state index in [0.29, 0.717) is 16.0 Å². The predicted molar refractivity (Wildman–Crippen MR) is 66.4 cm³/mol. The Morgan fingerprint density at radius 2 is 2.06 bits per heavy atom. The van der Waals surface area contributed by atoms with Crippen LogP contribution in [0.1, 0.15) is 10.5 Å². The van der Waals surface area contributed by atoms with Crippen molar-refractivity contribution < 1.29 is 14.3 Å². The van der Waals surface area contributed by atoms with Gasteiger partial charge in [0.25, 0.3) is 0 Å². The number of halogens is 2. The minimum absolute atomic E-state index is 0.140. The number of carbonyl (C=O) groups is 1. The first-order valence-electron chi connectivity index (χ1n) is 4.85. The van der Waals surface area contributed by atoms with Gasteiger partial charge in [-0.3, -0.25) is 0 Å². The smallest absolute Gasteiger partial charge is 0.356 e. The summed E-state index contributed by atoms with van der Waals surface area (Å²) in [5.41, 5.74) is 0.465. The summed E-state index contributed by atoms with van der Waals surface area (Å²) in [6.45, 7) is 0. The van der Waals surface area contributed by atoms with Crippen LogP contribution in [-0.4, -0.2) is 21.3 Å². The van der Waals surface area contributed by atoms with Crippen molar-refractivity contribution in [2.75, 3.05) is 5.32 Å². The van der Waals surface area contributed by atoms with Crippen LogP contribution in [0.4, 0.5) is 15.9 Å². The third-order valence-electron chi connectivity index (χ3n) is 2.08. The highest BCUT2D eigenvalue weighted by atomic mass is 79.9. The summed E-state index contributed by atoms with van der Waals surface area (Å²) in [5, 5.41) is 18.8. The van der Waals surface area contributed by atoms with Gasteiger partial charge in [-0.25, -0.2) is 9.18 Å². The van der Waals surface area contributed by atoms with Gasteiger partial charge in [0, 0.05) is 4.47 Å². The molecule has 92 valence electrons. The Balaban J connectivity index is 2.21. The van der Waals surface area contributed by atoms with Crippen LogP contribution < -0.4 is 5.32 Å². The Kier molecular flexibility index (Phi) is 3.52. The van der Waals surface area contributed by atoms with Crippen LogP contribution in [0.15, 0.2) is 34.8 Å². The first kappa shape index (κ1) is 12.4. The average molecular weight is 312 g/mol. The zero-order valence-electron chi connectivity index (χ0n) is 8.89. The molecule has 18 heavy (non-hydrogen) atoms. The number of aromatic carboxylic acids is 1. The zero-order chi connectivity index (χ0) is 13.1. The summed E-state index contributed by atoms with van der Waals surface area (Å²) in [5.74, 6) is -1.14. The van der Waals surface area contributed by atoms with Crippen molar-refractivity contribution in [2.24, 2.45) is 0 Å². The molecule has 2 aromatic rings. The number of hydrogen-bond donors (Lipinski definition) is 2. The highest BCUT2D eigenvalue weighted by molar-refractivity contribution is 9.10. The van der Waals surface area contributed by atoms with Gasteiger partial charge in [0.15, 0.2) is 11.5 Å². The second-order valence-corrected chi connectivity index (χ2v) is 4.21. The molecule has 2 N–H and O–H groups in total. The summed E-state index contributed by atoms with van der Waals surface area (Å²) in [4.78, 5) is 10.6. The van der Waals surface area contributed by atoms with Crippen molar-refractivity contribution in [3.05, 3.63) is 46.3 Å². The molecule has 0 amide bonds. The Morgan fingerprint density at radius 1 is 1.28 bits per heavy atom. The normalized spacial score (nSPS) is 10.1. The van der Waals surface area contributed by atoms with Gasteiger partial charge in [0.1, 0.15) is 5.82 Å². The molecule has 0 fully saturated rings. The molecule has 1 heterocycles. The van der Waals surface area contributed by atoms with Gasteiger partial charge in [-0.05, 0) is 46.3 Å². The Hall–Kier alpha value is -2.02. The number of anilines is 2. The number of hydrogen-bond acceptors (Lipinski definition) is 4. The molecule has 7 heteroatoms. The molecule has 0 aliphatic carbocycles. The van der Waals surface area contributed by atoms with E-state index < -0.39 is 5.97 Å². The van der Waals surface area contributed by atoms with Gasteiger partial charge >= 0.3 is 5.97 Å². The fourth-order valence-electron chi connectivity index (χ4n) is 1.24. The van der Waals surface area contributed by atoms with E-state index in [4.69, 9.17) is 5.11 Å². The fourth-order valence-corrected chi connectivity index (χ4v) is 1.69. The largest absolute Gasteiger partial charge is 0.476 e. The lowest BCUT2D eigenvalue weighted by Crippen LogP contribution is -2.03. The molecule has 0 radical (unpaired) electrons. The van der Waals surface area contributed by atoms with Crippen molar-refractivity contribution in [3.63, 3.8) is 0 Å². The molecule has 0 saturated heterocycles. The second-order valence-electron chi connectivity index (χ2n) is 3.36. The number of carboxylic acid groups (broad SMARTS) is 1. The van der Waals surface area contributed by atoms with Gasteiger partial charge < -0.3 is 10.4 Å². The molecular weight excluding hydrogens is 305 g/mol. The number of benzene rings is 1. The minimum Gasteiger partial charge on any atom is -0.476 e. The lowest BCUT2D eigenvalue weighted by atomic mass is 10.3. The molecular formula is C11H7BrFN3O2. The van der Waals surface area contributed by atoms with E-state index in [1.54, 1.807) is 0 Å². The monoisotopic (exact) mass is 311 g/mol. The van der Waals surface area contributed by atoms with Gasteiger partial charge in [-0.2, -0.15) is 0 Å². The maximum absolute atomic E-state index is 12.9. The minimum atomic E-state index is -1.14. The van der Waals surface area contributed by atoms with Crippen molar-refractivity contribution in [3.8, 4) is 0 Å². The van der Waals surface area contributed by atoms with Crippen molar-refractivity contribution in [2.45, 2.75) is 0 Å². The van der Waals surface area contributed by atoms with Crippen molar-refractivity contribution in [1.82, 2.24) is 10.2 Å². The first-order chi connectivity index (χ1) is 8.56. The maximum atomic E-state index is 12.9. The van der Waals surface area contributed by atoms with Crippen LogP contribution in [0, 0.1) is 5.82 Å². The van der Waals surface area contributed by atoms with Crippen LogP contribution in [-0.2, 0) is 0 Å². The van der Waals surface area contributed by atoms with E-state index in [-0.39, 0.29) is 11.5 Å². The van der Waals surface area contributed by atoms with Gasteiger partial charge in [0.05, 0.1) is 5.69 Å². The second kappa shape index (κ2) is 5.09. The highest BCUT2D eigenvalue weighted by Gasteiger charge is 2.06. The highest BCUT2D eigenvalue weighted by Crippen LogP contribution is 2.25. The molecule has 0 saturated carbocycles. The van der Waals surface area contributed by atoms with Crippen LogP contribution in [0.2, 0.25) is 0 Å². The Bertz CT molecular complexity index is 589. The molecule has 2 rings (SSSR count). The van der Waals surface area contributed by atoms with Crippen LogP contribution in [0.5, 0.6) is 0 Å². The number of nitrogens with zero attached hydrogens (tertiary/aromatic N) is 2. The summed E-state index contributed by atoms with van der Waals surface area (Å²) < 4.78 is 13.4. The molecule has 0 bridgehead atoms. The molecule has 0 aliphatic rings. The number of aromatic nitrogens is 2. The van der Waals surface area contributed by atoms with Gasteiger partial charge in [-0.1, -0.05) is 0 Å². The van der Waals surface area contributed by atoms with Crippen LogP contribution in [0.3, 0.4) is 0 Å². The molecule has 0 unspecified atom stereocenters. The predicted octanol–water partition coefficient (Wildman–Crippen LogP) is 2.82. The van der Waals surface area contributed by atoms with Crippen molar-refractivity contribution in [1.29, 1.82) is 0 Å². The maximum Gasteiger partial charge on any atom is 0.356 e. The molecule has 1 aromatic carbocycles. The lowest BCUT2D eigenvalue weighted by molar-refractivity contribution is 0.0689. The third kappa shape index (κ3) is 2.80. The van der Waals surface area contributed by atoms with Gasteiger partial charge in [0.2, 0.25) is 0 Å². The van der Waals surface area contributed by atoms with E-state index >= 15 is 0 Å². The van der Waals surface area contributed by atoms with Crippen LogP contribution in [0.25, 0.3) is 0 Å².